The molecule has 0 N–H and O–H groups in total. The molecule has 0 radical (unpaired) electrons. The van der Waals surface area contributed by atoms with Gasteiger partial charge in [0.25, 0.3) is 0 Å². The molecule has 3 rings (SSSR count). The average Bonchev–Trinajstić information content (AvgIpc) is 2.47. The zero-order valence-electron chi connectivity index (χ0n) is 9.76. The van der Waals surface area contributed by atoms with E-state index in [9.17, 15) is 4.79 Å². The number of hydrogen-bond acceptors (Lipinski definition) is 3. The first-order valence-electron chi connectivity index (χ1n) is 5.82. The molecule has 18 heavy (non-hydrogen) atoms. The summed E-state index contributed by atoms with van der Waals surface area (Å²) in [6, 6.07) is 13.3. The highest BCUT2D eigenvalue weighted by molar-refractivity contribution is 5.79. The Morgan fingerprint density at radius 3 is 2.50 bits per heavy atom. The second kappa shape index (κ2) is 4.53. The van der Waals surface area contributed by atoms with Crippen LogP contribution in [0.25, 0.3) is 11.1 Å². The predicted octanol–water partition coefficient (Wildman–Crippen LogP) is 2.94. The first-order valence-corrected chi connectivity index (χ1v) is 5.82. The maximum atomic E-state index is 10.8. The van der Waals surface area contributed by atoms with Crippen LogP contribution in [0.4, 0.5) is 0 Å². The molecule has 0 fully saturated rings. The molecule has 3 nitrogen and oxygen atoms in total. The summed E-state index contributed by atoms with van der Waals surface area (Å²) in [5, 5.41) is 0. The van der Waals surface area contributed by atoms with E-state index in [0.29, 0.717) is 18.8 Å². The molecule has 0 unspecified atom stereocenters. The smallest absolute Gasteiger partial charge is 0.161 e. The fraction of sp³-hybridized carbons (Fsp3) is 0.133. The molecular weight excluding hydrogens is 228 g/mol. The van der Waals surface area contributed by atoms with Gasteiger partial charge in [-0.25, -0.2) is 0 Å². The van der Waals surface area contributed by atoms with Crippen LogP contribution in [0.2, 0.25) is 0 Å². The van der Waals surface area contributed by atoms with Crippen molar-refractivity contribution in [3.05, 3.63) is 48.0 Å². The zero-order chi connectivity index (χ0) is 12.4. The summed E-state index contributed by atoms with van der Waals surface area (Å²) < 4.78 is 11.0. The van der Waals surface area contributed by atoms with Crippen molar-refractivity contribution >= 4 is 6.29 Å². The highest BCUT2D eigenvalue weighted by Gasteiger charge is 2.12. The predicted molar refractivity (Wildman–Crippen MR) is 68.3 cm³/mol. The third-order valence-electron chi connectivity index (χ3n) is 2.90. The molecule has 2 aromatic carbocycles. The number of aldehydes is 1. The van der Waals surface area contributed by atoms with E-state index in [1.54, 1.807) is 6.07 Å². The van der Waals surface area contributed by atoms with Crippen molar-refractivity contribution in [2.24, 2.45) is 0 Å². The molecule has 0 spiro atoms. The van der Waals surface area contributed by atoms with Crippen LogP contribution in [0.3, 0.4) is 0 Å². The van der Waals surface area contributed by atoms with Crippen molar-refractivity contribution in [3.8, 4) is 22.6 Å². The van der Waals surface area contributed by atoms with E-state index >= 15 is 0 Å². The van der Waals surface area contributed by atoms with Crippen LogP contribution in [-0.4, -0.2) is 19.5 Å². The van der Waals surface area contributed by atoms with Crippen molar-refractivity contribution in [1.82, 2.24) is 0 Å². The number of fused-ring (bicyclic) bond motifs is 1. The first kappa shape index (κ1) is 10.8. The van der Waals surface area contributed by atoms with Crippen molar-refractivity contribution in [1.29, 1.82) is 0 Å². The fourth-order valence-corrected chi connectivity index (χ4v) is 2.01. The van der Waals surface area contributed by atoms with E-state index in [-0.39, 0.29) is 0 Å². The monoisotopic (exact) mass is 240 g/mol. The van der Waals surface area contributed by atoms with Crippen molar-refractivity contribution in [2.75, 3.05) is 13.2 Å². The van der Waals surface area contributed by atoms with Gasteiger partial charge in [0.15, 0.2) is 11.5 Å². The number of carbonyl (C=O) groups is 1. The molecule has 0 amide bonds. The van der Waals surface area contributed by atoms with Gasteiger partial charge in [-0.05, 0) is 29.3 Å². The van der Waals surface area contributed by atoms with E-state index in [1.165, 1.54) is 0 Å². The van der Waals surface area contributed by atoms with Gasteiger partial charge in [-0.1, -0.05) is 24.3 Å². The third kappa shape index (κ3) is 1.95. The molecule has 0 aromatic heterocycles. The minimum atomic E-state index is 0.574. The van der Waals surface area contributed by atoms with Gasteiger partial charge in [0.2, 0.25) is 0 Å². The Labute approximate surface area is 105 Å². The van der Waals surface area contributed by atoms with E-state index in [2.05, 4.69) is 0 Å². The molecule has 1 heterocycles. The minimum Gasteiger partial charge on any atom is -0.486 e. The lowest BCUT2D eigenvalue weighted by Gasteiger charge is -2.18. The summed E-state index contributed by atoms with van der Waals surface area (Å²) >= 11 is 0. The van der Waals surface area contributed by atoms with Crippen LogP contribution < -0.4 is 9.47 Å². The normalized spacial score (nSPS) is 13.1. The average molecular weight is 240 g/mol. The van der Waals surface area contributed by atoms with Gasteiger partial charge in [0, 0.05) is 5.56 Å². The molecule has 0 atom stereocenters. The summed E-state index contributed by atoms with van der Waals surface area (Å²) in [4.78, 5) is 10.8. The highest BCUT2D eigenvalue weighted by atomic mass is 16.6. The fourth-order valence-electron chi connectivity index (χ4n) is 2.01. The number of benzene rings is 2. The summed E-state index contributed by atoms with van der Waals surface area (Å²) in [5.41, 5.74) is 2.68. The standard InChI is InChI=1S/C15H12O3/c16-10-11-2-1-3-12(8-11)13-4-5-14-15(9-13)18-7-6-17-14/h1-5,8-10H,6-7H2. The number of carbonyl (C=O) groups excluding carboxylic acids is 1. The van der Waals surface area contributed by atoms with Crippen molar-refractivity contribution in [3.63, 3.8) is 0 Å². The van der Waals surface area contributed by atoms with Crippen LogP contribution >= 0.6 is 0 Å². The molecule has 0 bridgehead atoms. The maximum absolute atomic E-state index is 10.8. The minimum absolute atomic E-state index is 0.574. The van der Waals surface area contributed by atoms with Gasteiger partial charge in [-0.3, -0.25) is 4.79 Å². The molecule has 1 aliphatic heterocycles. The van der Waals surface area contributed by atoms with Crippen molar-refractivity contribution < 1.29 is 14.3 Å². The first-order chi connectivity index (χ1) is 8.86. The molecule has 1 aliphatic rings. The summed E-state index contributed by atoms with van der Waals surface area (Å²) in [6.07, 6.45) is 0.849. The summed E-state index contributed by atoms with van der Waals surface area (Å²) in [6.45, 7) is 1.16. The molecular formula is C15H12O3. The number of ether oxygens (including phenoxy) is 2. The maximum Gasteiger partial charge on any atom is 0.161 e. The molecule has 90 valence electrons. The lowest BCUT2D eigenvalue weighted by atomic mass is 10.0. The Kier molecular flexibility index (Phi) is 2.73. The van der Waals surface area contributed by atoms with Gasteiger partial charge in [0.05, 0.1) is 0 Å². The molecule has 0 aliphatic carbocycles. The Balaban J connectivity index is 2.03. The second-order valence-corrected chi connectivity index (χ2v) is 4.10. The van der Waals surface area contributed by atoms with Gasteiger partial charge < -0.3 is 9.47 Å². The summed E-state index contributed by atoms with van der Waals surface area (Å²) in [5.74, 6) is 1.53. The second-order valence-electron chi connectivity index (χ2n) is 4.10. The van der Waals surface area contributed by atoms with E-state index in [4.69, 9.17) is 9.47 Å². The van der Waals surface area contributed by atoms with E-state index < -0.39 is 0 Å². The lowest BCUT2D eigenvalue weighted by molar-refractivity contribution is 0.112. The Morgan fingerprint density at radius 1 is 0.889 bits per heavy atom. The number of hydrogen-bond donors (Lipinski definition) is 0. The summed E-state index contributed by atoms with van der Waals surface area (Å²) in [7, 11) is 0. The molecule has 3 heteroatoms. The van der Waals surface area contributed by atoms with Crippen LogP contribution in [0, 0.1) is 0 Å². The zero-order valence-corrected chi connectivity index (χ0v) is 9.76. The highest BCUT2D eigenvalue weighted by Crippen LogP contribution is 2.34. The van der Waals surface area contributed by atoms with Crippen LogP contribution in [0.1, 0.15) is 10.4 Å². The van der Waals surface area contributed by atoms with Crippen molar-refractivity contribution in [2.45, 2.75) is 0 Å². The van der Waals surface area contributed by atoms with Crippen LogP contribution in [0.15, 0.2) is 42.5 Å². The molecule has 2 aromatic rings. The Hall–Kier alpha value is -2.29. The quantitative estimate of drug-likeness (QED) is 0.757. The third-order valence-corrected chi connectivity index (χ3v) is 2.90. The van der Waals surface area contributed by atoms with Gasteiger partial charge in [-0.2, -0.15) is 0 Å². The van der Waals surface area contributed by atoms with E-state index in [0.717, 1.165) is 28.9 Å². The van der Waals surface area contributed by atoms with Crippen LogP contribution in [0.5, 0.6) is 11.5 Å². The topological polar surface area (TPSA) is 35.5 Å². The SMILES string of the molecule is O=Cc1cccc(-c2ccc3c(c2)OCCO3)c1. The van der Waals surface area contributed by atoms with Gasteiger partial charge >= 0.3 is 0 Å². The number of rotatable bonds is 2. The molecule has 0 saturated heterocycles. The lowest BCUT2D eigenvalue weighted by Crippen LogP contribution is -2.15. The molecule has 0 saturated carbocycles. The van der Waals surface area contributed by atoms with Crippen LogP contribution in [-0.2, 0) is 0 Å². The Bertz CT molecular complexity index is 590. The van der Waals surface area contributed by atoms with Gasteiger partial charge in [0.1, 0.15) is 19.5 Å². The Morgan fingerprint density at radius 2 is 1.67 bits per heavy atom. The van der Waals surface area contributed by atoms with Gasteiger partial charge in [-0.15, -0.1) is 0 Å². The van der Waals surface area contributed by atoms with E-state index in [1.807, 2.05) is 36.4 Å². The largest absolute Gasteiger partial charge is 0.486 e.